The topological polar surface area (TPSA) is 62.3 Å². The molecule has 1 atom stereocenters. The molecule has 0 spiro atoms. The predicted octanol–water partition coefficient (Wildman–Crippen LogP) is 2.65. The zero-order valence-electron chi connectivity index (χ0n) is 11.1. The van der Waals surface area contributed by atoms with Crippen molar-refractivity contribution in [3.63, 3.8) is 0 Å². The lowest BCUT2D eigenvalue weighted by atomic mass is 10.2. The van der Waals surface area contributed by atoms with E-state index in [1.165, 1.54) is 6.42 Å². The summed E-state index contributed by atoms with van der Waals surface area (Å²) in [4.78, 5) is 0. The molecule has 0 amide bonds. The molecular weight excluding hydrogens is 258 g/mol. The molecule has 1 aliphatic heterocycles. The molecule has 0 radical (unpaired) electrons. The van der Waals surface area contributed by atoms with E-state index in [1.807, 2.05) is 18.0 Å². The number of nitrogens with two attached hydrogens (primary N) is 1. The number of benzene rings is 1. The van der Waals surface area contributed by atoms with Crippen molar-refractivity contribution in [2.45, 2.75) is 25.8 Å². The van der Waals surface area contributed by atoms with Crippen LogP contribution in [0.1, 0.15) is 25.3 Å². The van der Waals surface area contributed by atoms with Crippen LogP contribution in [0.4, 0.5) is 5.69 Å². The number of hydrogen-bond acceptors (Lipinski definition) is 5. The Morgan fingerprint density at radius 2 is 2.42 bits per heavy atom. The van der Waals surface area contributed by atoms with E-state index in [0.717, 1.165) is 18.7 Å². The number of nitrogen functional groups attached to an aromatic ring is 1. The van der Waals surface area contributed by atoms with E-state index in [4.69, 9.17) is 15.7 Å². The van der Waals surface area contributed by atoms with Crippen molar-refractivity contribution in [3.8, 4) is 11.8 Å². The van der Waals surface area contributed by atoms with Gasteiger partial charge in [-0.15, -0.1) is 0 Å². The maximum absolute atomic E-state index is 9.10. The Kier molecular flexibility index (Phi) is 4.94. The molecule has 0 unspecified atom stereocenters. The van der Waals surface area contributed by atoms with Gasteiger partial charge in [0.2, 0.25) is 0 Å². The van der Waals surface area contributed by atoms with E-state index in [0.29, 0.717) is 29.6 Å². The minimum absolute atomic E-state index is 0.429. The summed E-state index contributed by atoms with van der Waals surface area (Å²) in [5.74, 6) is 1.67. The van der Waals surface area contributed by atoms with Gasteiger partial charge >= 0.3 is 0 Å². The summed E-state index contributed by atoms with van der Waals surface area (Å²) in [5, 5.41) is 9.10. The van der Waals surface area contributed by atoms with Gasteiger partial charge in [-0.2, -0.15) is 5.26 Å². The Balaban J connectivity index is 1.99. The summed E-state index contributed by atoms with van der Waals surface area (Å²) in [6, 6.07) is 7.88. The van der Waals surface area contributed by atoms with Crippen molar-refractivity contribution >= 4 is 17.6 Å². The second-order valence-electron chi connectivity index (χ2n) is 4.50. The van der Waals surface area contributed by atoms with Crippen molar-refractivity contribution in [1.29, 1.82) is 5.26 Å². The zero-order valence-corrected chi connectivity index (χ0v) is 11.9. The third-order valence-corrected chi connectivity index (χ3v) is 4.29. The number of ether oxygens (including phenoxy) is 1. The van der Waals surface area contributed by atoms with Gasteiger partial charge in [-0.25, -0.2) is 4.31 Å². The van der Waals surface area contributed by atoms with E-state index in [-0.39, 0.29) is 0 Å². The monoisotopic (exact) mass is 277 g/mol. The highest BCUT2D eigenvalue weighted by Gasteiger charge is 2.25. The molecule has 4 nitrogen and oxygen atoms in total. The van der Waals surface area contributed by atoms with Gasteiger partial charge in [0.1, 0.15) is 24.0 Å². The highest BCUT2D eigenvalue weighted by Crippen LogP contribution is 2.28. The van der Waals surface area contributed by atoms with Crippen LogP contribution in [-0.2, 0) is 0 Å². The highest BCUT2D eigenvalue weighted by molar-refractivity contribution is 7.97. The molecule has 0 bridgehead atoms. The molecule has 2 N–H and O–H groups in total. The summed E-state index contributed by atoms with van der Waals surface area (Å²) in [7, 11) is 0. The van der Waals surface area contributed by atoms with Gasteiger partial charge in [0.05, 0.1) is 11.7 Å². The normalized spacial score (nSPS) is 19.3. The molecular formula is C14H19N3OS. The zero-order chi connectivity index (χ0) is 13.7. The van der Waals surface area contributed by atoms with Gasteiger partial charge in [-0.05, 0) is 25.0 Å². The number of nitriles is 1. The van der Waals surface area contributed by atoms with E-state index in [2.05, 4.69) is 17.3 Å². The van der Waals surface area contributed by atoms with E-state index in [9.17, 15) is 0 Å². The third kappa shape index (κ3) is 3.34. The Hall–Kier alpha value is -1.38. The molecule has 0 aliphatic carbocycles. The van der Waals surface area contributed by atoms with E-state index >= 15 is 0 Å². The third-order valence-electron chi connectivity index (χ3n) is 3.22. The highest BCUT2D eigenvalue weighted by atomic mass is 32.2. The standard InChI is InChI=1S/C14H19N3OS/c1-2-19-17-8-4-5-11(17)10-18-14-7-3-6-13(16)12(14)9-15/h3,6-7,11H,2,4-5,8,10,16H2,1H3/t11-/m0/s1. The fourth-order valence-corrected chi connectivity index (χ4v) is 3.25. The van der Waals surface area contributed by atoms with Crippen LogP contribution in [0.3, 0.4) is 0 Å². The number of rotatable bonds is 5. The lowest BCUT2D eigenvalue weighted by Crippen LogP contribution is -2.29. The van der Waals surface area contributed by atoms with Gasteiger partial charge in [0.25, 0.3) is 0 Å². The van der Waals surface area contributed by atoms with E-state index < -0.39 is 0 Å². The first-order chi connectivity index (χ1) is 9.26. The SMILES string of the molecule is CCSN1CCC[C@H]1COc1cccc(N)c1C#N. The second-order valence-corrected chi connectivity index (χ2v) is 5.80. The van der Waals surface area contributed by atoms with Gasteiger partial charge in [0.15, 0.2) is 0 Å². The Morgan fingerprint density at radius 3 is 3.16 bits per heavy atom. The molecule has 1 aliphatic rings. The molecule has 2 rings (SSSR count). The summed E-state index contributed by atoms with van der Waals surface area (Å²) >= 11 is 1.86. The molecule has 1 saturated heterocycles. The average Bonchev–Trinajstić information content (AvgIpc) is 2.84. The molecule has 1 aromatic carbocycles. The predicted molar refractivity (Wildman–Crippen MR) is 78.9 cm³/mol. The van der Waals surface area contributed by atoms with E-state index in [1.54, 1.807) is 12.1 Å². The maximum atomic E-state index is 9.10. The molecule has 1 heterocycles. The summed E-state index contributed by atoms with van der Waals surface area (Å²) in [6.07, 6.45) is 2.36. The van der Waals surface area contributed by atoms with Crippen LogP contribution >= 0.6 is 11.9 Å². The summed E-state index contributed by atoms with van der Waals surface area (Å²) in [5.41, 5.74) is 6.69. The first kappa shape index (κ1) is 14.0. The second kappa shape index (κ2) is 6.69. The first-order valence-corrected chi connectivity index (χ1v) is 7.51. The molecule has 102 valence electrons. The van der Waals surface area contributed by atoms with Crippen molar-refractivity contribution in [2.24, 2.45) is 0 Å². The first-order valence-electron chi connectivity index (χ1n) is 6.57. The Labute approximate surface area is 118 Å². The van der Waals surface area contributed by atoms with Gasteiger partial charge < -0.3 is 10.5 Å². The number of hydrogen-bond donors (Lipinski definition) is 1. The van der Waals surface area contributed by atoms with Gasteiger partial charge in [0, 0.05) is 12.3 Å². The molecule has 1 aromatic rings. The number of anilines is 1. The van der Waals surface area contributed by atoms with Crippen LogP contribution < -0.4 is 10.5 Å². The minimum Gasteiger partial charge on any atom is -0.490 e. The molecule has 0 saturated carbocycles. The minimum atomic E-state index is 0.429. The summed E-state index contributed by atoms with van der Waals surface area (Å²) < 4.78 is 8.20. The van der Waals surface area contributed by atoms with Crippen LogP contribution in [-0.4, -0.2) is 29.3 Å². The van der Waals surface area contributed by atoms with Crippen molar-refractivity contribution < 1.29 is 4.74 Å². The molecule has 19 heavy (non-hydrogen) atoms. The number of nitrogens with zero attached hydrogens (tertiary/aromatic N) is 2. The van der Waals surface area contributed by atoms with Crippen LogP contribution in [0.15, 0.2) is 18.2 Å². The van der Waals surface area contributed by atoms with Crippen LogP contribution in [0.25, 0.3) is 0 Å². The average molecular weight is 277 g/mol. The van der Waals surface area contributed by atoms with Gasteiger partial charge in [-0.1, -0.05) is 24.9 Å². The lowest BCUT2D eigenvalue weighted by molar-refractivity contribution is 0.240. The van der Waals surface area contributed by atoms with Crippen molar-refractivity contribution in [2.75, 3.05) is 24.6 Å². The van der Waals surface area contributed by atoms with Crippen LogP contribution in [0, 0.1) is 11.3 Å². The van der Waals surface area contributed by atoms with Crippen molar-refractivity contribution in [1.82, 2.24) is 4.31 Å². The maximum Gasteiger partial charge on any atom is 0.139 e. The van der Waals surface area contributed by atoms with Crippen LogP contribution in [0.2, 0.25) is 0 Å². The quantitative estimate of drug-likeness (QED) is 0.662. The van der Waals surface area contributed by atoms with Crippen LogP contribution in [0.5, 0.6) is 5.75 Å². The fourth-order valence-electron chi connectivity index (χ4n) is 2.29. The summed E-state index contributed by atoms with van der Waals surface area (Å²) in [6.45, 7) is 3.90. The molecule has 0 aromatic heterocycles. The Morgan fingerprint density at radius 1 is 1.58 bits per heavy atom. The largest absolute Gasteiger partial charge is 0.490 e. The lowest BCUT2D eigenvalue weighted by Gasteiger charge is -2.23. The molecule has 1 fully saturated rings. The molecule has 5 heteroatoms. The van der Waals surface area contributed by atoms with Crippen molar-refractivity contribution in [3.05, 3.63) is 23.8 Å². The van der Waals surface area contributed by atoms with Gasteiger partial charge in [-0.3, -0.25) is 0 Å². The smallest absolute Gasteiger partial charge is 0.139 e. The Bertz CT molecular complexity index is 472. The fraction of sp³-hybridized carbons (Fsp3) is 0.500.